The van der Waals surface area contributed by atoms with Gasteiger partial charge in [-0.3, -0.25) is 0 Å². The Bertz CT molecular complexity index is 1030. The van der Waals surface area contributed by atoms with Crippen molar-refractivity contribution in [3.05, 3.63) is 84.2 Å². The lowest BCUT2D eigenvalue weighted by Gasteiger charge is -2.47. The number of para-hydroxylation sites is 1. The van der Waals surface area contributed by atoms with E-state index in [0.717, 1.165) is 24.9 Å². The number of piperidine rings is 1. The van der Waals surface area contributed by atoms with Crippen LogP contribution < -0.4 is 5.19 Å². The van der Waals surface area contributed by atoms with Crippen LogP contribution in [0.2, 0.25) is 0 Å². The molecule has 0 aliphatic carbocycles. The highest BCUT2D eigenvalue weighted by Gasteiger charge is 2.45. The number of hydrogen-bond donors (Lipinski definition) is 0. The molecule has 0 N–H and O–H groups in total. The fourth-order valence-electron chi connectivity index (χ4n) is 5.17. The first-order chi connectivity index (χ1) is 14.2. The average Bonchev–Trinajstić information content (AvgIpc) is 3.24. The Labute approximate surface area is 173 Å². The average molecular weight is 403 g/mol. The second-order valence-corrected chi connectivity index (χ2v) is 10.9. The summed E-state index contributed by atoms with van der Waals surface area (Å²) in [5.74, 6) is 0. The second kappa shape index (κ2) is 7.23. The van der Waals surface area contributed by atoms with Crippen LogP contribution >= 0.6 is 0 Å². The van der Waals surface area contributed by atoms with Crippen molar-refractivity contribution in [2.45, 2.75) is 37.5 Å². The van der Waals surface area contributed by atoms with Gasteiger partial charge in [0.25, 0.3) is 0 Å². The number of ether oxygens (including phenoxy) is 1. The summed E-state index contributed by atoms with van der Waals surface area (Å²) in [5, 5.41) is 1.75. The van der Waals surface area contributed by atoms with Gasteiger partial charge < -0.3 is 14.2 Å². The molecule has 1 spiro atoms. The van der Waals surface area contributed by atoms with Gasteiger partial charge in [0.1, 0.15) is 6.61 Å². The van der Waals surface area contributed by atoms with Gasteiger partial charge in [-0.2, -0.15) is 0 Å². The Morgan fingerprint density at radius 1 is 1.10 bits per heavy atom. The van der Waals surface area contributed by atoms with Crippen molar-refractivity contribution in [1.82, 2.24) is 9.47 Å². The summed E-state index contributed by atoms with van der Waals surface area (Å²) in [6.07, 6.45) is 4.03. The summed E-state index contributed by atoms with van der Waals surface area (Å²) < 4.78 is 7.99. The van der Waals surface area contributed by atoms with E-state index in [2.05, 4.69) is 54.1 Å². The molecule has 2 aromatic carbocycles. The summed E-state index contributed by atoms with van der Waals surface area (Å²) in [6.45, 7) is 3.26. The molecule has 1 saturated heterocycles. The fourth-order valence-corrected chi connectivity index (χ4v) is 7.99. The lowest BCUT2D eigenvalue weighted by molar-refractivity contribution is 0.0639. The van der Waals surface area contributed by atoms with Crippen LogP contribution in [-0.2, 0) is 16.4 Å². The zero-order valence-corrected chi connectivity index (χ0v) is 18.2. The Balaban J connectivity index is 1.33. The number of carbonyl (C=O) groups is 1. The summed E-state index contributed by atoms with van der Waals surface area (Å²) >= 11 is 0. The number of fused-ring (bicyclic) bond motifs is 4. The molecule has 1 fully saturated rings. The molecule has 5 heteroatoms. The molecule has 2 aliphatic heterocycles. The molecule has 4 nitrogen and oxygen atoms in total. The quantitative estimate of drug-likeness (QED) is 0.617. The van der Waals surface area contributed by atoms with E-state index in [4.69, 9.17) is 4.74 Å². The maximum atomic E-state index is 12.8. The first-order valence-electron chi connectivity index (χ1n) is 10.4. The minimum atomic E-state index is -0.507. The summed E-state index contributed by atoms with van der Waals surface area (Å²) in [6, 6.07) is 23.3. The smallest absolute Gasteiger partial charge is 0.410 e. The molecule has 29 heavy (non-hydrogen) atoms. The van der Waals surface area contributed by atoms with Gasteiger partial charge in [-0.25, -0.2) is 4.79 Å². The molecule has 2 aliphatic rings. The number of hydrogen-bond acceptors (Lipinski definition) is 2. The molecule has 0 radical (unpaired) electrons. The van der Waals surface area contributed by atoms with Gasteiger partial charge >= 0.3 is 6.09 Å². The standard InChI is InChI=1S/C24H26N2O2Si/c1-18-16-24(13-15-25(18)23(27)28-17-19-8-3-2-4-9-19)22-12-7-14-26(22)20-10-5-6-11-21(20)29-24/h2-12,14,18H,13,15-17,29H2,1H3. The third-order valence-corrected chi connectivity index (χ3v) is 9.22. The molecule has 3 aromatic rings. The van der Waals surface area contributed by atoms with Crippen LogP contribution in [0.25, 0.3) is 5.69 Å². The van der Waals surface area contributed by atoms with Crippen LogP contribution in [0.4, 0.5) is 4.79 Å². The lowest BCUT2D eigenvalue weighted by atomic mass is 9.87. The third kappa shape index (κ3) is 3.19. The maximum absolute atomic E-state index is 12.8. The molecule has 0 saturated carbocycles. The van der Waals surface area contributed by atoms with Crippen LogP contribution in [0, 0.1) is 0 Å². The fraction of sp³-hybridized carbons (Fsp3) is 0.292. The van der Waals surface area contributed by atoms with Gasteiger partial charge in [0.15, 0.2) is 0 Å². The van der Waals surface area contributed by atoms with Crippen molar-refractivity contribution < 1.29 is 9.53 Å². The molecule has 1 amide bonds. The molecule has 5 rings (SSSR count). The number of aromatic nitrogens is 1. The molecule has 0 bridgehead atoms. The van der Waals surface area contributed by atoms with E-state index in [0.29, 0.717) is 6.61 Å². The Morgan fingerprint density at radius 2 is 1.90 bits per heavy atom. The first kappa shape index (κ1) is 18.2. The van der Waals surface area contributed by atoms with Crippen molar-refractivity contribution in [2.24, 2.45) is 0 Å². The first-order valence-corrected chi connectivity index (χ1v) is 11.8. The number of likely N-dealkylation sites (tertiary alicyclic amines) is 1. The van der Waals surface area contributed by atoms with Crippen LogP contribution in [0.5, 0.6) is 0 Å². The zero-order chi connectivity index (χ0) is 19.8. The number of benzene rings is 2. The van der Waals surface area contributed by atoms with Gasteiger partial charge in [-0.1, -0.05) is 48.5 Å². The van der Waals surface area contributed by atoms with Crippen molar-refractivity contribution in [3.63, 3.8) is 0 Å². The Kier molecular flexibility index (Phi) is 4.55. The predicted molar refractivity (Wildman–Crippen MR) is 118 cm³/mol. The minimum Gasteiger partial charge on any atom is -0.445 e. The number of nitrogens with zero attached hydrogens (tertiary/aromatic N) is 2. The Morgan fingerprint density at radius 3 is 2.72 bits per heavy atom. The number of amides is 1. The van der Waals surface area contributed by atoms with E-state index in [1.54, 1.807) is 0 Å². The van der Waals surface area contributed by atoms with Gasteiger partial charge in [0, 0.05) is 35.2 Å². The maximum Gasteiger partial charge on any atom is 0.410 e. The van der Waals surface area contributed by atoms with Crippen LogP contribution in [0.1, 0.15) is 31.0 Å². The highest BCUT2D eigenvalue weighted by molar-refractivity contribution is 6.59. The number of rotatable bonds is 2. The van der Waals surface area contributed by atoms with E-state index >= 15 is 0 Å². The third-order valence-electron chi connectivity index (χ3n) is 6.56. The monoisotopic (exact) mass is 402 g/mol. The van der Waals surface area contributed by atoms with E-state index < -0.39 is 9.52 Å². The summed E-state index contributed by atoms with van der Waals surface area (Å²) in [4.78, 5) is 14.7. The predicted octanol–water partition coefficient (Wildman–Crippen LogP) is 3.30. The lowest BCUT2D eigenvalue weighted by Crippen LogP contribution is -2.57. The van der Waals surface area contributed by atoms with E-state index in [9.17, 15) is 4.79 Å². The molecule has 3 heterocycles. The van der Waals surface area contributed by atoms with E-state index in [1.165, 1.54) is 16.6 Å². The van der Waals surface area contributed by atoms with Crippen molar-refractivity contribution in [1.29, 1.82) is 0 Å². The minimum absolute atomic E-state index is 0.174. The molecule has 1 aromatic heterocycles. The van der Waals surface area contributed by atoms with E-state index in [-0.39, 0.29) is 17.2 Å². The van der Waals surface area contributed by atoms with Crippen LogP contribution in [0.15, 0.2) is 72.9 Å². The topological polar surface area (TPSA) is 34.5 Å². The van der Waals surface area contributed by atoms with Gasteiger partial charge in [0.2, 0.25) is 0 Å². The zero-order valence-electron chi connectivity index (χ0n) is 16.8. The number of carbonyl (C=O) groups excluding carboxylic acids is 1. The summed E-state index contributed by atoms with van der Waals surface area (Å²) in [5.41, 5.74) is 3.81. The van der Waals surface area contributed by atoms with Crippen LogP contribution in [-0.4, -0.2) is 37.7 Å². The molecular weight excluding hydrogens is 376 g/mol. The van der Waals surface area contributed by atoms with Gasteiger partial charge in [0.05, 0.1) is 9.52 Å². The largest absolute Gasteiger partial charge is 0.445 e. The van der Waals surface area contributed by atoms with Gasteiger partial charge in [-0.05, 0) is 48.7 Å². The second-order valence-electron chi connectivity index (χ2n) is 8.39. The van der Waals surface area contributed by atoms with Crippen LogP contribution in [0.3, 0.4) is 0 Å². The molecule has 2 atom stereocenters. The summed E-state index contributed by atoms with van der Waals surface area (Å²) in [7, 11) is -0.507. The van der Waals surface area contributed by atoms with Crippen molar-refractivity contribution >= 4 is 20.8 Å². The highest BCUT2D eigenvalue weighted by atomic mass is 28.2. The van der Waals surface area contributed by atoms with Crippen molar-refractivity contribution in [3.8, 4) is 5.69 Å². The normalized spacial score (nSPS) is 23.6. The molecule has 148 valence electrons. The Hall–Kier alpha value is -2.79. The highest BCUT2D eigenvalue weighted by Crippen LogP contribution is 2.40. The molecule has 2 unspecified atom stereocenters. The molecular formula is C24H26N2O2Si. The SMILES string of the molecule is CC1CC2(CCN1C(=O)OCc1ccccc1)[SiH2]c1ccccc1-n1cccc12. The van der Waals surface area contributed by atoms with E-state index in [1.807, 2.05) is 35.2 Å². The van der Waals surface area contributed by atoms with Gasteiger partial charge in [-0.15, -0.1) is 0 Å². The van der Waals surface area contributed by atoms with Crippen molar-refractivity contribution in [2.75, 3.05) is 6.54 Å².